The van der Waals surface area contributed by atoms with Gasteiger partial charge >= 0.3 is 5.97 Å². The maximum atomic E-state index is 11.4. The quantitative estimate of drug-likeness (QED) is 0.539. The zero-order valence-electron chi connectivity index (χ0n) is 11.1. The number of carbonyl (C=O) groups is 1. The number of carbonyl (C=O) groups excluding carboxylic acids is 1. The van der Waals surface area contributed by atoms with Gasteiger partial charge in [0.05, 0.1) is 6.61 Å². The predicted molar refractivity (Wildman–Crippen MR) is 66.1 cm³/mol. The van der Waals surface area contributed by atoms with Crippen LogP contribution in [0.1, 0.15) is 53.4 Å². The van der Waals surface area contributed by atoms with Gasteiger partial charge in [0.1, 0.15) is 0 Å². The van der Waals surface area contributed by atoms with Crippen LogP contribution < -0.4 is 0 Å². The molecule has 0 heterocycles. The van der Waals surface area contributed by atoms with E-state index in [1.54, 1.807) is 6.92 Å². The summed E-state index contributed by atoms with van der Waals surface area (Å²) >= 11 is 0. The molecule has 0 amide bonds. The van der Waals surface area contributed by atoms with Crippen molar-refractivity contribution in [3.8, 4) is 0 Å². The number of esters is 1. The lowest BCUT2D eigenvalue weighted by molar-refractivity contribution is -0.147. The first-order valence-corrected chi connectivity index (χ1v) is 6.11. The molecule has 16 heavy (non-hydrogen) atoms. The van der Waals surface area contributed by atoms with Crippen molar-refractivity contribution in [2.45, 2.75) is 53.4 Å². The molecule has 0 spiro atoms. The lowest BCUT2D eigenvalue weighted by Gasteiger charge is -2.47. The maximum absolute atomic E-state index is 11.4. The first kappa shape index (κ1) is 13.3. The molecule has 1 aliphatic rings. The summed E-state index contributed by atoms with van der Waals surface area (Å²) in [5.74, 6) is -0.261. The highest BCUT2D eigenvalue weighted by Gasteiger charge is 2.43. The summed E-state index contributed by atoms with van der Waals surface area (Å²) in [5, 5.41) is 0. The summed E-state index contributed by atoms with van der Waals surface area (Å²) in [6.45, 7) is 12.6. The van der Waals surface area contributed by atoms with Gasteiger partial charge in [0.25, 0.3) is 0 Å². The molecule has 1 rings (SSSR count). The number of hydrogen-bond acceptors (Lipinski definition) is 2. The molecule has 0 aliphatic heterocycles. The first-order chi connectivity index (χ1) is 7.28. The molecule has 1 atom stereocenters. The normalized spacial score (nSPS) is 28.5. The van der Waals surface area contributed by atoms with Crippen LogP contribution in [0.15, 0.2) is 12.2 Å². The molecule has 0 N–H and O–H groups in total. The predicted octanol–water partition coefficient (Wildman–Crippen LogP) is 3.71. The molecule has 0 aromatic heterocycles. The van der Waals surface area contributed by atoms with Crippen LogP contribution in [0.3, 0.4) is 0 Å². The van der Waals surface area contributed by atoms with Crippen molar-refractivity contribution in [2.24, 2.45) is 10.8 Å². The van der Waals surface area contributed by atoms with Gasteiger partial charge in [-0.2, -0.15) is 0 Å². The fraction of sp³-hybridized carbons (Fsp3) is 0.786. The summed E-state index contributed by atoms with van der Waals surface area (Å²) in [6.07, 6.45) is 4.89. The average molecular weight is 224 g/mol. The largest absolute Gasteiger partial charge is 0.462 e. The Hall–Kier alpha value is -0.790. The highest BCUT2D eigenvalue weighted by Crippen LogP contribution is 2.50. The monoisotopic (exact) mass is 224 g/mol. The van der Waals surface area contributed by atoms with Crippen LogP contribution >= 0.6 is 0 Å². The van der Waals surface area contributed by atoms with Crippen LogP contribution in [0.2, 0.25) is 0 Å². The van der Waals surface area contributed by atoms with Crippen LogP contribution in [-0.4, -0.2) is 12.6 Å². The zero-order valence-corrected chi connectivity index (χ0v) is 11.1. The lowest BCUT2D eigenvalue weighted by atomic mass is 9.59. The minimum absolute atomic E-state index is 0.108. The highest BCUT2D eigenvalue weighted by molar-refractivity contribution is 5.86. The van der Waals surface area contributed by atoms with Gasteiger partial charge in [-0.25, -0.2) is 4.79 Å². The van der Waals surface area contributed by atoms with Crippen LogP contribution in [0, 0.1) is 10.8 Å². The van der Waals surface area contributed by atoms with E-state index < -0.39 is 0 Å². The van der Waals surface area contributed by atoms with Crippen LogP contribution in [-0.2, 0) is 9.53 Å². The van der Waals surface area contributed by atoms with E-state index in [1.165, 1.54) is 19.3 Å². The third-order valence-corrected chi connectivity index (χ3v) is 4.28. The van der Waals surface area contributed by atoms with Crippen molar-refractivity contribution in [1.29, 1.82) is 0 Å². The Morgan fingerprint density at radius 2 is 1.81 bits per heavy atom. The van der Waals surface area contributed by atoms with Crippen LogP contribution in [0.4, 0.5) is 0 Å². The molecule has 0 saturated heterocycles. The van der Waals surface area contributed by atoms with Crippen molar-refractivity contribution in [1.82, 2.24) is 0 Å². The highest BCUT2D eigenvalue weighted by atomic mass is 16.5. The second-order valence-corrected chi connectivity index (χ2v) is 6.01. The lowest BCUT2D eigenvalue weighted by Crippen LogP contribution is -2.42. The topological polar surface area (TPSA) is 26.3 Å². The third kappa shape index (κ3) is 2.66. The molecule has 0 aromatic rings. The van der Waals surface area contributed by atoms with Crippen molar-refractivity contribution >= 4 is 5.97 Å². The fourth-order valence-corrected chi connectivity index (χ4v) is 2.34. The minimum atomic E-state index is -0.261. The summed E-state index contributed by atoms with van der Waals surface area (Å²) in [4.78, 5) is 11.4. The van der Waals surface area contributed by atoms with Gasteiger partial charge in [-0.15, -0.1) is 0 Å². The Morgan fingerprint density at radius 1 is 1.25 bits per heavy atom. The summed E-state index contributed by atoms with van der Waals surface area (Å²) < 4.78 is 5.34. The van der Waals surface area contributed by atoms with Gasteiger partial charge in [-0.05, 0) is 25.2 Å². The van der Waals surface area contributed by atoms with E-state index in [2.05, 4.69) is 27.4 Å². The summed E-state index contributed by atoms with van der Waals surface area (Å²) in [5.41, 5.74) is 0.842. The molecule has 1 fully saturated rings. The molecule has 92 valence electrons. The van der Waals surface area contributed by atoms with Gasteiger partial charge in [-0.1, -0.05) is 40.2 Å². The van der Waals surface area contributed by atoms with E-state index in [9.17, 15) is 4.79 Å². The van der Waals surface area contributed by atoms with Crippen molar-refractivity contribution in [3.63, 3.8) is 0 Å². The van der Waals surface area contributed by atoms with E-state index in [1.807, 2.05) is 0 Å². The summed E-state index contributed by atoms with van der Waals surface area (Å²) in [7, 11) is 0. The van der Waals surface area contributed by atoms with E-state index in [0.29, 0.717) is 12.2 Å². The van der Waals surface area contributed by atoms with Crippen molar-refractivity contribution in [2.75, 3.05) is 6.61 Å². The molecule has 0 bridgehead atoms. The van der Waals surface area contributed by atoms with Crippen molar-refractivity contribution < 1.29 is 9.53 Å². The molecule has 0 radical (unpaired) electrons. The van der Waals surface area contributed by atoms with E-state index >= 15 is 0 Å². The number of ether oxygens (including phenoxy) is 1. The van der Waals surface area contributed by atoms with Gasteiger partial charge in [0.2, 0.25) is 0 Å². The Bertz CT molecular complexity index is 291. The van der Waals surface area contributed by atoms with Gasteiger partial charge in [-0.3, -0.25) is 0 Å². The van der Waals surface area contributed by atoms with Crippen LogP contribution in [0.25, 0.3) is 0 Å². The Balaban J connectivity index is 2.63. The molecular formula is C14H24O2. The molecule has 2 nitrogen and oxygen atoms in total. The average Bonchev–Trinajstić information content (AvgIpc) is 2.19. The molecule has 0 aromatic carbocycles. The number of rotatable bonds is 3. The standard InChI is InChI=1S/C14H24O2/c1-11(2)12(15)16-10-14(5)9-7-6-8-13(14,3)4/h1,6-10H2,2-5H3. The Morgan fingerprint density at radius 3 is 2.31 bits per heavy atom. The van der Waals surface area contributed by atoms with E-state index in [-0.39, 0.29) is 16.8 Å². The second kappa shape index (κ2) is 4.60. The SMILES string of the molecule is C=C(C)C(=O)OCC1(C)CCCCC1(C)C. The molecule has 1 unspecified atom stereocenters. The molecule has 1 saturated carbocycles. The molecular weight excluding hydrogens is 200 g/mol. The van der Waals surface area contributed by atoms with E-state index in [0.717, 1.165) is 6.42 Å². The second-order valence-electron chi connectivity index (χ2n) is 6.01. The maximum Gasteiger partial charge on any atom is 0.333 e. The van der Waals surface area contributed by atoms with Crippen molar-refractivity contribution in [3.05, 3.63) is 12.2 Å². The fourth-order valence-electron chi connectivity index (χ4n) is 2.34. The summed E-state index contributed by atoms with van der Waals surface area (Å²) in [6, 6.07) is 0. The zero-order chi connectivity index (χ0) is 12.4. The molecule has 1 aliphatic carbocycles. The Labute approximate surface area is 99.1 Å². The number of hydrogen-bond donors (Lipinski definition) is 0. The first-order valence-electron chi connectivity index (χ1n) is 6.11. The molecule has 2 heteroatoms. The van der Waals surface area contributed by atoms with Crippen LogP contribution in [0.5, 0.6) is 0 Å². The minimum Gasteiger partial charge on any atom is -0.462 e. The van der Waals surface area contributed by atoms with Gasteiger partial charge < -0.3 is 4.74 Å². The van der Waals surface area contributed by atoms with E-state index in [4.69, 9.17) is 4.74 Å². The van der Waals surface area contributed by atoms with Gasteiger partial charge in [0.15, 0.2) is 0 Å². The Kier molecular flexibility index (Phi) is 3.82. The van der Waals surface area contributed by atoms with Gasteiger partial charge in [0, 0.05) is 11.0 Å². The smallest absolute Gasteiger partial charge is 0.333 e. The third-order valence-electron chi connectivity index (χ3n) is 4.28.